The average molecular weight is 247 g/mol. The first kappa shape index (κ1) is 13.9. The molecule has 0 aliphatic carbocycles. The van der Waals surface area contributed by atoms with Crippen molar-refractivity contribution in [1.29, 1.82) is 0 Å². The van der Waals surface area contributed by atoms with Crippen LogP contribution in [0.15, 0.2) is 29.4 Å². The maximum Gasteiger partial charge on any atom is 0.329 e. The van der Waals surface area contributed by atoms with Gasteiger partial charge in [-0.15, -0.1) is 0 Å². The summed E-state index contributed by atoms with van der Waals surface area (Å²) in [7, 11) is 0. The molecule has 3 N–H and O–H groups in total. The van der Waals surface area contributed by atoms with E-state index in [1.165, 1.54) is 11.8 Å². The number of carbonyl (C=O) groups is 2. The minimum absolute atomic E-state index is 0.0931. The van der Waals surface area contributed by atoms with E-state index in [4.69, 9.17) is 5.73 Å². The lowest BCUT2D eigenvalue weighted by Gasteiger charge is -2.18. The Kier molecular flexibility index (Phi) is 4.20. The van der Waals surface area contributed by atoms with Gasteiger partial charge >= 0.3 is 11.8 Å². The van der Waals surface area contributed by atoms with E-state index in [1.54, 1.807) is 0 Å². The molecule has 0 radical (unpaired) electrons. The molecule has 0 saturated carbocycles. The van der Waals surface area contributed by atoms with Crippen LogP contribution in [0.3, 0.4) is 0 Å². The SMILES string of the molecule is CC(C)(C)c1ccc(/C=N\NC(=O)C(N)=O)cc1. The third-order valence-corrected chi connectivity index (χ3v) is 2.38. The van der Waals surface area contributed by atoms with Crippen LogP contribution in [0, 0.1) is 0 Å². The standard InChI is InChI=1S/C13H17N3O2/c1-13(2,3)10-6-4-9(5-7-10)8-15-16-12(18)11(14)17/h4-8H,1-3H3,(H2,14,17)(H,16,18)/b15-8-. The summed E-state index contributed by atoms with van der Waals surface area (Å²) in [5.74, 6) is -1.99. The van der Waals surface area contributed by atoms with Crippen LogP contribution in [0.5, 0.6) is 0 Å². The number of hydrogen-bond donors (Lipinski definition) is 2. The number of benzene rings is 1. The molecule has 0 unspecified atom stereocenters. The number of nitrogens with one attached hydrogen (secondary N) is 1. The van der Waals surface area contributed by atoms with Gasteiger partial charge in [-0.25, -0.2) is 5.43 Å². The molecule has 96 valence electrons. The highest BCUT2D eigenvalue weighted by Crippen LogP contribution is 2.21. The second-order valence-electron chi connectivity index (χ2n) is 4.94. The van der Waals surface area contributed by atoms with E-state index in [2.05, 4.69) is 25.9 Å². The molecule has 5 nitrogen and oxygen atoms in total. The molecule has 1 aromatic rings. The fourth-order valence-corrected chi connectivity index (χ4v) is 1.29. The molecule has 18 heavy (non-hydrogen) atoms. The van der Waals surface area contributed by atoms with Crippen molar-refractivity contribution in [2.45, 2.75) is 26.2 Å². The third kappa shape index (κ3) is 4.01. The van der Waals surface area contributed by atoms with Crippen molar-refractivity contribution >= 4 is 18.0 Å². The smallest absolute Gasteiger partial charge is 0.329 e. The molecule has 0 atom stereocenters. The molecule has 0 fully saturated rings. The number of primary amides is 1. The minimum atomic E-state index is -1.06. The molecule has 0 bridgehead atoms. The quantitative estimate of drug-likeness (QED) is 0.462. The van der Waals surface area contributed by atoms with Gasteiger partial charge in [-0.2, -0.15) is 5.10 Å². The Morgan fingerprint density at radius 1 is 1.22 bits per heavy atom. The van der Waals surface area contributed by atoms with Crippen LogP contribution in [-0.4, -0.2) is 18.0 Å². The van der Waals surface area contributed by atoms with Crippen LogP contribution >= 0.6 is 0 Å². The van der Waals surface area contributed by atoms with Gasteiger partial charge in [0, 0.05) is 0 Å². The van der Waals surface area contributed by atoms with Crippen molar-refractivity contribution in [2.75, 3.05) is 0 Å². The zero-order valence-corrected chi connectivity index (χ0v) is 10.7. The maximum absolute atomic E-state index is 10.8. The summed E-state index contributed by atoms with van der Waals surface area (Å²) in [6.07, 6.45) is 1.45. The second kappa shape index (κ2) is 5.44. The Morgan fingerprint density at radius 2 is 1.78 bits per heavy atom. The van der Waals surface area contributed by atoms with Crippen molar-refractivity contribution in [3.05, 3.63) is 35.4 Å². The number of rotatable bonds is 2. The van der Waals surface area contributed by atoms with Crippen LogP contribution in [0.1, 0.15) is 31.9 Å². The second-order valence-corrected chi connectivity index (χ2v) is 4.94. The molecule has 0 aromatic heterocycles. The van der Waals surface area contributed by atoms with E-state index >= 15 is 0 Å². The molecule has 0 aliphatic heterocycles. The molecule has 1 aromatic carbocycles. The largest absolute Gasteiger partial charge is 0.361 e. The predicted octanol–water partition coefficient (Wildman–Crippen LogP) is 0.919. The highest BCUT2D eigenvalue weighted by molar-refractivity contribution is 6.34. The Morgan fingerprint density at radius 3 is 2.22 bits per heavy atom. The van der Waals surface area contributed by atoms with Crippen molar-refractivity contribution in [1.82, 2.24) is 5.43 Å². The average Bonchev–Trinajstić information content (AvgIpc) is 2.28. The Hall–Kier alpha value is -2.17. The lowest BCUT2D eigenvalue weighted by atomic mass is 9.87. The summed E-state index contributed by atoms with van der Waals surface area (Å²) >= 11 is 0. The number of nitrogens with zero attached hydrogens (tertiary/aromatic N) is 1. The first-order valence-corrected chi connectivity index (χ1v) is 5.54. The summed E-state index contributed by atoms with van der Waals surface area (Å²) in [5.41, 5.74) is 8.92. The summed E-state index contributed by atoms with van der Waals surface area (Å²) in [6, 6.07) is 7.77. The number of carbonyl (C=O) groups excluding carboxylic acids is 2. The first-order valence-electron chi connectivity index (χ1n) is 5.54. The number of hydrogen-bond acceptors (Lipinski definition) is 3. The van der Waals surface area contributed by atoms with E-state index in [0.29, 0.717) is 0 Å². The zero-order valence-electron chi connectivity index (χ0n) is 10.7. The fourth-order valence-electron chi connectivity index (χ4n) is 1.29. The van der Waals surface area contributed by atoms with Gasteiger partial charge in [0.25, 0.3) is 0 Å². The first-order chi connectivity index (χ1) is 8.30. The molecular formula is C13H17N3O2. The Balaban J connectivity index is 2.67. The van der Waals surface area contributed by atoms with E-state index in [1.807, 2.05) is 29.7 Å². The highest BCUT2D eigenvalue weighted by atomic mass is 16.2. The van der Waals surface area contributed by atoms with Crippen LogP contribution in [0.25, 0.3) is 0 Å². The van der Waals surface area contributed by atoms with Gasteiger partial charge in [0.15, 0.2) is 0 Å². The molecule has 0 spiro atoms. The van der Waals surface area contributed by atoms with E-state index in [9.17, 15) is 9.59 Å². The summed E-state index contributed by atoms with van der Waals surface area (Å²) in [4.78, 5) is 21.3. The molecule has 2 amide bonds. The molecule has 5 heteroatoms. The third-order valence-electron chi connectivity index (χ3n) is 2.38. The Labute approximate surface area is 106 Å². The lowest BCUT2D eigenvalue weighted by molar-refractivity contribution is -0.137. The van der Waals surface area contributed by atoms with E-state index < -0.39 is 11.8 Å². The lowest BCUT2D eigenvalue weighted by Crippen LogP contribution is -2.32. The molecule has 0 aliphatic rings. The maximum atomic E-state index is 10.8. The zero-order chi connectivity index (χ0) is 13.8. The number of hydrazone groups is 1. The van der Waals surface area contributed by atoms with Gasteiger partial charge in [-0.3, -0.25) is 9.59 Å². The fraction of sp³-hybridized carbons (Fsp3) is 0.308. The van der Waals surface area contributed by atoms with Gasteiger partial charge in [0.05, 0.1) is 6.21 Å². The van der Waals surface area contributed by atoms with Crippen molar-refractivity contribution < 1.29 is 9.59 Å². The Bertz CT molecular complexity index is 470. The predicted molar refractivity (Wildman–Crippen MR) is 70.1 cm³/mol. The van der Waals surface area contributed by atoms with Gasteiger partial charge in [0.2, 0.25) is 0 Å². The van der Waals surface area contributed by atoms with Gasteiger partial charge in [-0.05, 0) is 16.5 Å². The topological polar surface area (TPSA) is 84.6 Å². The summed E-state index contributed by atoms with van der Waals surface area (Å²) in [5, 5.41) is 3.63. The van der Waals surface area contributed by atoms with Crippen LogP contribution in [0.4, 0.5) is 0 Å². The molecule has 0 saturated heterocycles. The van der Waals surface area contributed by atoms with Crippen molar-refractivity contribution in [2.24, 2.45) is 10.8 Å². The van der Waals surface area contributed by atoms with E-state index in [-0.39, 0.29) is 5.41 Å². The summed E-state index contributed by atoms with van der Waals surface area (Å²) in [6.45, 7) is 6.38. The van der Waals surface area contributed by atoms with Crippen molar-refractivity contribution in [3.63, 3.8) is 0 Å². The molecular weight excluding hydrogens is 230 g/mol. The van der Waals surface area contributed by atoms with E-state index in [0.717, 1.165) is 5.56 Å². The van der Waals surface area contributed by atoms with Crippen LogP contribution < -0.4 is 11.2 Å². The molecule has 1 rings (SSSR count). The van der Waals surface area contributed by atoms with Gasteiger partial charge < -0.3 is 5.73 Å². The number of nitrogens with two attached hydrogens (primary N) is 1. The summed E-state index contributed by atoms with van der Waals surface area (Å²) < 4.78 is 0. The van der Waals surface area contributed by atoms with Gasteiger partial charge in [-0.1, -0.05) is 45.0 Å². The van der Waals surface area contributed by atoms with Crippen LogP contribution in [0.2, 0.25) is 0 Å². The monoisotopic (exact) mass is 247 g/mol. The van der Waals surface area contributed by atoms with Gasteiger partial charge in [0.1, 0.15) is 0 Å². The normalized spacial score (nSPS) is 11.5. The molecule has 0 heterocycles. The number of amides is 2. The van der Waals surface area contributed by atoms with Crippen molar-refractivity contribution in [3.8, 4) is 0 Å². The highest BCUT2D eigenvalue weighted by Gasteiger charge is 2.12. The van der Waals surface area contributed by atoms with Crippen LogP contribution in [-0.2, 0) is 15.0 Å². The minimum Gasteiger partial charge on any atom is -0.361 e.